The van der Waals surface area contributed by atoms with Gasteiger partial charge < -0.3 is 20.3 Å². The van der Waals surface area contributed by atoms with Gasteiger partial charge in [-0.1, -0.05) is 194 Å². The number of esters is 1. The van der Waals surface area contributed by atoms with Gasteiger partial charge in [0.05, 0.1) is 25.2 Å². The summed E-state index contributed by atoms with van der Waals surface area (Å²) in [5, 5.41) is 23.5. The van der Waals surface area contributed by atoms with E-state index in [2.05, 4.69) is 26.1 Å². The lowest BCUT2D eigenvalue weighted by atomic mass is 10.0. The average Bonchev–Trinajstić information content (AvgIpc) is 3.07. The van der Waals surface area contributed by atoms with Crippen molar-refractivity contribution in [2.45, 2.75) is 251 Å². The molecule has 3 atom stereocenters. The molecule has 0 aliphatic heterocycles. The van der Waals surface area contributed by atoms with Gasteiger partial charge in [-0.05, 0) is 25.7 Å². The smallest absolute Gasteiger partial charge is 0.306 e. The van der Waals surface area contributed by atoms with E-state index in [0.29, 0.717) is 19.3 Å². The van der Waals surface area contributed by atoms with Gasteiger partial charge in [-0.2, -0.15) is 0 Å². The molecule has 0 saturated carbocycles. The second-order valence-electron chi connectivity index (χ2n) is 14.8. The summed E-state index contributed by atoms with van der Waals surface area (Å²) in [5.74, 6) is -0.467. The number of rotatable bonds is 38. The van der Waals surface area contributed by atoms with Gasteiger partial charge in [-0.3, -0.25) is 9.59 Å². The second-order valence-corrected chi connectivity index (χ2v) is 14.8. The van der Waals surface area contributed by atoms with Crippen LogP contribution in [-0.4, -0.2) is 46.9 Å². The Morgan fingerprint density at radius 1 is 0.521 bits per heavy atom. The van der Waals surface area contributed by atoms with E-state index in [0.717, 1.165) is 44.9 Å². The Balaban J connectivity index is 4.50. The molecule has 0 aromatic rings. The summed E-state index contributed by atoms with van der Waals surface area (Å²) in [6.07, 6.45) is 35.9. The van der Waals surface area contributed by atoms with Crippen molar-refractivity contribution in [1.82, 2.24) is 5.32 Å². The lowest BCUT2D eigenvalue weighted by molar-refractivity contribution is -0.151. The zero-order chi connectivity index (χ0) is 35.3. The molecule has 0 saturated heterocycles. The quantitative estimate of drug-likeness (QED) is 0.0445. The van der Waals surface area contributed by atoms with Crippen molar-refractivity contribution in [2.75, 3.05) is 6.61 Å². The summed E-state index contributed by atoms with van der Waals surface area (Å²) in [7, 11) is 0. The molecule has 48 heavy (non-hydrogen) atoms. The largest absolute Gasteiger partial charge is 0.462 e. The van der Waals surface area contributed by atoms with Crippen LogP contribution >= 0.6 is 0 Å². The molecule has 0 aliphatic rings. The van der Waals surface area contributed by atoms with E-state index < -0.39 is 18.2 Å². The molecule has 3 unspecified atom stereocenters. The highest BCUT2D eigenvalue weighted by Crippen LogP contribution is 2.18. The number of ether oxygens (including phenoxy) is 1. The van der Waals surface area contributed by atoms with Gasteiger partial charge in [0.25, 0.3) is 0 Å². The number of aliphatic hydroxyl groups is 2. The number of carbonyl (C=O) groups is 2. The molecule has 0 spiro atoms. The summed E-state index contributed by atoms with van der Waals surface area (Å²) in [6.45, 7) is 6.43. The number of amides is 1. The average molecular weight is 682 g/mol. The third-order valence-corrected chi connectivity index (χ3v) is 9.94. The van der Waals surface area contributed by atoms with Crippen LogP contribution in [0.5, 0.6) is 0 Å². The van der Waals surface area contributed by atoms with Crippen molar-refractivity contribution in [3.8, 4) is 0 Å². The fourth-order valence-corrected chi connectivity index (χ4v) is 6.67. The predicted octanol–water partition coefficient (Wildman–Crippen LogP) is 11.7. The first-order valence-electron chi connectivity index (χ1n) is 21.3. The SMILES string of the molecule is CCCCCCCCCCCCCC(O)C(CO)NC(=O)CC(CCCCCCCCCC)OC(=O)CCCCCCCCCCCC. The number of unbranched alkanes of at least 4 members (excludes halogenated alkanes) is 26. The summed E-state index contributed by atoms with van der Waals surface area (Å²) in [5.41, 5.74) is 0. The molecule has 0 fully saturated rings. The van der Waals surface area contributed by atoms with Gasteiger partial charge >= 0.3 is 5.97 Å². The zero-order valence-electron chi connectivity index (χ0n) is 32.4. The fraction of sp³-hybridized carbons (Fsp3) is 0.952. The first-order valence-corrected chi connectivity index (χ1v) is 21.3. The molecule has 6 nitrogen and oxygen atoms in total. The van der Waals surface area contributed by atoms with E-state index in [-0.39, 0.29) is 24.9 Å². The fourth-order valence-electron chi connectivity index (χ4n) is 6.67. The van der Waals surface area contributed by atoms with E-state index in [1.807, 2.05) is 0 Å². The summed E-state index contributed by atoms with van der Waals surface area (Å²) < 4.78 is 5.86. The van der Waals surface area contributed by atoms with Crippen molar-refractivity contribution < 1.29 is 24.5 Å². The van der Waals surface area contributed by atoms with Crippen LogP contribution in [0.3, 0.4) is 0 Å². The normalized spacial score (nSPS) is 13.4. The summed E-state index contributed by atoms with van der Waals surface area (Å²) in [6, 6.07) is -0.688. The number of carbonyl (C=O) groups excluding carboxylic acids is 2. The van der Waals surface area contributed by atoms with Crippen LogP contribution < -0.4 is 5.32 Å². The van der Waals surface area contributed by atoms with E-state index in [1.54, 1.807) is 0 Å². The van der Waals surface area contributed by atoms with Crippen molar-refractivity contribution >= 4 is 11.9 Å². The molecule has 6 heteroatoms. The standard InChI is InChI=1S/C42H83NO5/c1-4-7-10-13-16-19-21-22-25-28-31-34-40(45)39(37-44)43-41(46)36-38(33-30-27-24-18-15-12-9-6-3)48-42(47)35-32-29-26-23-20-17-14-11-8-5-2/h38-40,44-45H,4-37H2,1-3H3,(H,43,46). The van der Waals surface area contributed by atoms with Gasteiger partial charge in [0, 0.05) is 6.42 Å². The minimum Gasteiger partial charge on any atom is -0.462 e. The first kappa shape index (κ1) is 46.9. The third-order valence-electron chi connectivity index (χ3n) is 9.94. The van der Waals surface area contributed by atoms with Crippen LogP contribution in [0.4, 0.5) is 0 Å². The molecule has 0 bridgehead atoms. The number of aliphatic hydroxyl groups excluding tert-OH is 2. The molecule has 1 amide bonds. The van der Waals surface area contributed by atoms with E-state index in [4.69, 9.17) is 4.74 Å². The first-order chi connectivity index (χ1) is 23.5. The monoisotopic (exact) mass is 682 g/mol. The third kappa shape index (κ3) is 32.1. The van der Waals surface area contributed by atoms with Gasteiger partial charge in [0.15, 0.2) is 0 Å². The number of hydrogen-bond donors (Lipinski definition) is 3. The molecule has 286 valence electrons. The van der Waals surface area contributed by atoms with Crippen LogP contribution in [0.1, 0.15) is 233 Å². The predicted molar refractivity (Wildman–Crippen MR) is 204 cm³/mol. The van der Waals surface area contributed by atoms with Crippen molar-refractivity contribution in [3.63, 3.8) is 0 Å². The maximum absolute atomic E-state index is 13.0. The highest BCUT2D eigenvalue weighted by atomic mass is 16.5. The van der Waals surface area contributed by atoms with Crippen molar-refractivity contribution in [1.29, 1.82) is 0 Å². The van der Waals surface area contributed by atoms with Crippen LogP contribution in [0.2, 0.25) is 0 Å². The van der Waals surface area contributed by atoms with Crippen LogP contribution in [0.25, 0.3) is 0 Å². The van der Waals surface area contributed by atoms with Crippen LogP contribution in [-0.2, 0) is 14.3 Å². The van der Waals surface area contributed by atoms with E-state index in [1.165, 1.54) is 141 Å². The Morgan fingerprint density at radius 3 is 1.27 bits per heavy atom. The molecule has 0 aliphatic carbocycles. The Hall–Kier alpha value is -1.14. The lowest BCUT2D eigenvalue weighted by Gasteiger charge is -2.24. The van der Waals surface area contributed by atoms with Gasteiger partial charge in [-0.15, -0.1) is 0 Å². The minimum atomic E-state index is -0.775. The molecular weight excluding hydrogens is 598 g/mol. The van der Waals surface area contributed by atoms with Gasteiger partial charge in [0.1, 0.15) is 6.10 Å². The maximum Gasteiger partial charge on any atom is 0.306 e. The summed E-state index contributed by atoms with van der Waals surface area (Å²) >= 11 is 0. The number of hydrogen-bond acceptors (Lipinski definition) is 5. The van der Waals surface area contributed by atoms with Gasteiger partial charge in [-0.25, -0.2) is 0 Å². The molecule has 0 aromatic carbocycles. The summed E-state index contributed by atoms with van der Waals surface area (Å²) in [4.78, 5) is 25.8. The maximum atomic E-state index is 13.0. The Kier molecular flexibility index (Phi) is 36.2. The highest BCUT2D eigenvalue weighted by Gasteiger charge is 2.24. The van der Waals surface area contributed by atoms with Crippen molar-refractivity contribution in [3.05, 3.63) is 0 Å². The molecule has 0 heterocycles. The molecule has 0 rings (SSSR count). The highest BCUT2D eigenvalue weighted by molar-refractivity contribution is 5.77. The van der Waals surface area contributed by atoms with Crippen LogP contribution in [0, 0.1) is 0 Å². The van der Waals surface area contributed by atoms with E-state index >= 15 is 0 Å². The van der Waals surface area contributed by atoms with Crippen LogP contribution in [0.15, 0.2) is 0 Å². The minimum absolute atomic E-state index is 0.0853. The Morgan fingerprint density at radius 2 is 0.875 bits per heavy atom. The number of nitrogens with one attached hydrogen (secondary N) is 1. The second kappa shape index (κ2) is 37.1. The Labute approximate surface area is 298 Å². The Bertz CT molecular complexity index is 687. The molecule has 0 radical (unpaired) electrons. The molecule has 0 aromatic heterocycles. The zero-order valence-corrected chi connectivity index (χ0v) is 32.4. The van der Waals surface area contributed by atoms with Gasteiger partial charge in [0.2, 0.25) is 5.91 Å². The van der Waals surface area contributed by atoms with E-state index in [9.17, 15) is 19.8 Å². The molecular formula is C42H83NO5. The molecule has 3 N–H and O–H groups in total. The lowest BCUT2D eigenvalue weighted by Crippen LogP contribution is -2.46. The van der Waals surface area contributed by atoms with Crippen molar-refractivity contribution in [2.24, 2.45) is 0 Å². The topological polar surface area (TPSA) is 95.9 Å².